The average Bonchev–Trinajstić information content (AvgIpc) is 2.45. The van der Waals surface area contributed by atoms with Crippen molar-refractivity contribution in [2.24, 2.45) is 7.05 Å². The van der Waals surface area contributed by atoms with Gasteiger partial charge < -0.3 is 9.30 Å². The summed E-state index contributed by atoms with van der Waals surface area (Å²) in [4.78, 5) is 0. The van der Waals surface area contributed by atoms with E-state index in [4.69, 9.17) is 16.3 Å². The highest BCUT2D eigenvalue weighted by atomic mass is 35.5. The van der Waals surface area contributed by atoms with Crippen LogP contribution in [0.3, 0.4) is 0 Å². The number of ether oxygens (including phenoxy) is 1. The van der Waals surface area contributed by atoms with Crippen molar-refractivity contribution in [2.45, 2.75) is 0 Å². The SMILES string of the molecule is COc1ccc(F)c2c1cc(Cl)n2C. The van der Waals surface area contributed by atoms with Crippen LogP contribution in [0.2, 0.25) is 5.15 Å². The lowest BCUT2D eigenvalue weighted by Crippen LogP contribution is -1.91. The third-order valence-corrected chi connectivity index (χ3v) is 2.63. The molecule has 4 heteroatoms. The monoisotopic (exact) mass is 213 g/mol. The molecule has 2 rings (SSSR count). The number of rotatable bonds is 1. The number of aromatic nitrogens is 1. The largest absolute Gasteiger partial charge is 0.496 e. The van der Waals surface area contributed by atoms with Gasteiger partial charge in [0.2, 0.25) is 0 Å². The predicted octanol–water partition coefficient (Wildman–Crippen LogP) is 2.98. The fourth-order valence-corrected chi connectivity index (χ4v) is 1.74. The summed E-state index contributed by atoms with van der Waals surface area (Å²) in [5, 5.41) is 1.18. The topological polar surface area (TPSA) is 14.2 Å². The van der Waals surface area contributed by atoms with Crippen molar-refractivity contribution in [3.63, 3.8) is 0 Å². The molecule has 0 atom stereocenters. The van der Waals surface area contributed by atoms with Gasteiger partial charge in [-0.3, -0.25) is 0 Å². The van der Waals surface area contributed by atoms with Crippen molar-refractivity contribution in [1.82, 2.24) is 4.57 Å². The standard InChI is InChI=1S/C10H9ClFNO/c1-13-9(11)5-6-8(14-2)4-3-7(12)10(6)13/h3-5H,1-2H3. The summed E-state index contributed by atoms with van der Waals surface area (Å²) in [7, 11) is 3.26. The van der Waals surface area contributed by atoms with Crippen LogP contribution in [0.5, 0.6) is 5.75 Å². The van der Waals surface area contributed by atoms with Gasteiger partial charge in [-0.25, -0.2) is 4.39 Å². The van der Waals surface area contributed by atoms with Gasteiger partial charge in [0.25, 0.3) is 0 Å². The number of hydrogen-bond donors (Lipinski definition) is 0. The highest BCUT2D eigenvalue weighted by molar-refractivity contribution is 6.31. The van der Waals surface area contributed by atoms with E-state index in [0.717, 1.165) is 0 Å². The normalized spacial score (nSPS) is 10.9. The third-order valence-electron chi connectivity index (χ3n) is 2.27. The van der Waals surface area contributed by atoms with Gasteiger partial charge in [-0.15, -0.1) is 0 Å². The summed E-state index contributed by atoms with van der Waals surface area (Å²) in [5.74, 6) is 0.333. The van der Waals surface area contributed by atoms with E-state index in [9.17, 15) is 4.39 Å². The smallest absolute Gasteiger partial charge is 0.147 e. The second-order valence-corrected chi connectivity index (χ2v) is 3.43. The van der Waals surface area contributed by atoms with Crippen molar-refractivity contribution in [2.75, 3.05) is 7.11 Å². The molecule has 1 aromatic heterocycles. The Morgan fingerprint density at radius 3 is 2.79 bits per heavy atom. The van der Waals surface area contributed by atoms with Crippen LogP contribution < -0.4 is 4.74 Å². The lowest BCUT2D eigenvalue weighted by Gasteiger charge is -2.03. The third kappa shape index (κ3) is 1.16. The molecular formula is C10H9ClFNO. The van der Waals surface area contributed by atoms with Crippen LogP contribution >= 0.6 is 11.6 Å². The van der Waals surface area contributed by atoms with Crippen molar-refractivity contribution >= 4 is 22.5 Å². The molecule has 0 saturated heterocycles. The van der Waals surface area contributed by atoms with Crippen LogP contribution in [0.15, 0.2) is 18.2 Å². The minimum Gasteiger partial charge on any atom is -0.496 e. The lowest BCUT2D eigenvalue weighted by molar-refractivity contribution is 0.419. The van der Waals surface area contributed by atoms with Gasteiger partial charge in [0.05, 0.1) is 12.6 Å². The molecule has 0 fully saturated rings. The molecule has 0 unspecified atom stereocenters. The van der Waals surface area contributed by atoms with Gasteiger partial charge in [0.15, 0.2) is 0 Å². The molecule has 2 nitrogen and oxygen atoms in total. The number of nitrogens with zero attached hydrogens (tertiary/aromatic N) is 1. The van der Waals surface area contributed by atoms with Gasteiger partial charge in [-0.2, -0.15) is 0 Å². The number of fused-ring (bicyclic) bond motifs is 1. The second kappa shape index (κ2) is 3.17. The molecule has 0 amide bonds. The van der Waals surface area contributed by atoms with E-state index in [1.165, 1.54) is 6.07 Å². The Morgan fingerprint density at radius 1 is 1.43 bits per heavy atom. The van der Waals surface area contributed by atoms with Gasteiger partial charge in [0.1, 0.15) is 16.7 Å². The van der Waals surface area contributed by atoms with Crippen LogP contribution in [0, 0.1) is 5.82 Å². The number of halogens is 2. The molecule has 0 aliphatic carbocycles. The first-order valence-electron chi connectivity index (χ1n) is 4.12. The first kappa shape index (κ1) is 9.34. The summed E-state index contributed by atoms with van der Waals surface area (Å²) < 4.78 is 20.1. The van der Waals surface area contributed by atoms with Crippen molar-refractivity contribution in [1.29, 1.82) is 0 Å². The Bertz CT molecular complexity index is 492. The number of hydrogen-bond acceptors (Lipinski definition) is 1. The van der Waals surface area contributed by atoms with E-state index in [1.807, 2.05) is 0 Å². The number of methoxy groups -OCH3 is 1. The van der Waals surface area contributed by atoms with E-state index in [-0.39, 0.29) is 5.82 Å². The molecule has 0 bridgehead atoms. The molecule has 14 heavy (non-hydrogen) atoms. The van der Waals surface area contributed by atoms with Crippen molar-refractivity contribution < 1.29 is 9.13 Å². The summed E-state index contributed by atoms with van der Waals surface area (Å²) in [6.45, 7) is 0. The molecule has 0 N–H and O–H groups in total. The van der Waals surface area contributed by atoms with E-state index in [0.29, 0.717) is 21.8 Å². The minimum atomic E-state index is -0.296. The molecule has 0 aliphatic heterocycles. The first-order chi connectivity index (χ1) is 6.65. The van der Waals surface area contributed by atoms with Crippen LogP contribution in [0.25, 0.3) is 10.9 Å². The number of aryl methyl sites for hydroxylation is 1. The summed E-state index contributed by atoms with van der Waals surface area (Å²) >= 11 is 5.89. The predicted molar refractivity (Wildman–Crippen MR) is 54.4 cm³/mol. The van der Waals surface area contributed by atoms with Gasteiger partial charge in [0, 0.05) is 12.4 Å². The summed E-state index contributed by atoms with van der Waals surface area (Å²) in [6.07, 6.45) is 0. The maximum atomic E-state index is 13.4. The van der Waals surface area contributed by atoms with E-state index < -0.39 is 0 Å². The quantitative estimate of drug-likeness (QED) is 0.711. The molecule has 0 aliphatic rings. The molecule has 2 aromatic rings. The van der Waals surface area contributed by atoms with Crippen molar-refractivity contribution in [3.05, 3.63) is 29.2 Å². The molecule has 74 valence electrons. The molecule has 1 heterocycles. The fraction of sp³-hybridized carbons (Fsp3) is 0.200. The van der Waals surface area contributed by atoms with Crippen LogP contribution in [0.1, 0.15) is 0 Å². The first-order valence-corrected chi connectivity index (χ1v) is 4.50. The summed E-state index contributed by atoms with van der Waals surface area (Å²) in [6, 6.07) is 4.66. The molecule has 0 spiro atoms. The maximum absolute atomic E-state index is 13.4. The molecular weight excluding hydrogens is 205 g/mol. The Morgan fingerprint density at radius 2 is 2.14 bits per heavy atom. The van der Waals surface area contributed by atoms with Crippen LogP contribution in [0.4, 0.5) is 4.39 Å². The molecule has 0 radical (unpaired) electrons. The Hall–Kier alpha value is -1.22. The zero-order valence-corrected chi connectivity index (χ0v) is 8.60. The molecule has 0 saturated carbocycles. The Labute approximate surface area is 85.8 Å². The molecule has 1 aromatic carbocycles. The van der Waals surface area contributed by atoms with Crippen LogP contribution in [-0.4, -0.2) is 11.7 Å². The summed E-state index contributed by atoms with van der Waals surface area (Å²) in [5.41, 5.74) is 0.467. The fourth-order valence-electron chi connectivity index (χ4n) is 1.54. The second-order valence-electron chi connectivity index (χ2n) is 3.04. The zero-order valence-electron chi connectivity index (χ0n) is 7.84. The van der Waals surface area contributed by atoms with Crippen LogP contribution in [-0.2, 0) is 7.05 Å². The minimum absolute atomic E-state index is 0.296. The highest BCUT2D eigenvalue weighted by Crippen LogP contribution is 2.31. The van der Waals surface area contributed by atoms with Gasteiger partial charge in [-0.1, -0.05) is 11.6 Å². The zero-order chi connectivity index (χ0) is 10.3. The average molecular weight is 214 g/mol. The highest BCUT2D eigenvalue weighted by Gasteiger charge is 2.12. The number of benzene rings is 1. The van der Waals surface area contributed by atoms with Gasteiger partial charge in [-0.05, 0) is 18.2 Å². The lowest BCUT2D eigenvalue weighted by atomic mass is 10.2. The Balaban J connectivity index is 2.91. The van der Waals surface area contributed by atoms with E-state index in [1.54, 1.807) is 30.9 Å². The van der Waals surface area contributed by atoms with Crippen molar-refractivity contribution in [3.8, 4) is 5.75 Å². The van der Waals surface area contributed by atoms with E-state index in [2.05, 4.69) is 0 Å². The van der Waals surface area contributed by atoms with E-state index >= 15 is 0 Å². The maximum Gasteiger partial charge on any atom is 0.147 e. The van der Waals surface area contributed by atoms with Gasteiger partial charge >= 0.3 is 0 Å². The Kier molecular flexibility index (Phi) is 2.11.